The average Bonchev–Trinajstić information content (AvgIpc) is 3.36. The number of nitrogens with one attached hydrogen (secondary N) is 1. The number of fused-ring (bicyclic) bond motifs is 4. The van der Waals surface area contributed by atoms with Crippen LogP contribution in [0.2, 0.25) is 0 Å². The van der Waals surface area contributed by atoms with E-state index in [9.17, 15) is 4.79 Å². The van der Waals surface area contributed by atoms with Crippen molar-refractivity contribution in [3.05, 3.63) is 47.5 Å². The third kappa shape index (κ3) is 3.91. The first-order valence-electron chi connectivity index (χ1n) is 10.9. The number of amides is 1. The molecule has 0 saturated heterocycles. The first kappa shape index (κ1) is 21.1. The first-order valence-corrected chi connectivity index (χ1v) is 12.6. The van der Waals surface area contributed by atoms with Gasteiger partial charge in [-0.05, 0) is 38.2 Å². The molecule has 32 heavy (non-hydrogen) atoms. The molecule has 3 aromatic heterocycles. The smallest absolute Gasteiger partial charge is 0.239 e. The van der Waals surface area contributed by atoms with Crippen molar-refractivity contribution in [3.63, 3.8) is 0 Å². The number of para-hydroxylation sites is 1. The molecule has 1 amide bonds. The van der Waals surface area contributed by atoms with Crippen molar-refractivity contribution in [2.45, 2.75) is 56.0 Å². The lowest BCUT2D eigenvalue weighted by Crippen LogP contribution is -2.24. The Morgan fingerprint density at radius 2 is 2.12 bits per heavy atom. The number of thiazole rings is 1. The second-order valence-electron chi connectivity index (χ2n) is 7.78. The minimum absolute atomic E-state index is 0.0704. The molecule has 1 atom stereocenters. The number of rotatable bonds is 7. The molecular formula is C23H24N6OS2. The van der Waals surface area contributed by atoms with Crippen LogP contribution in [0.25, 0.3) is 22.1 Å². The zero-order valence-corrected chi connectivity index (χ0v) is 19.5. The molecule has 1 aliphatic carbocycles. The van der Waals surface area contributed by atoms with Crippen LogP contribution in [0.1, 0.15) is 36.8 Å². The van der Waals surface area contributed by atoms with Crippen molar-refractivity contribution >= 4 is 56.2 Å². The van der Waals surface area contributed by atoms with Gasteiger partial charge >= 0.3 is 0 Å². The summed E-state index contributed by atoms with van der Waals surface area (Å²) >= 11 is 2.94. The molecule has 1 aliphatic rings. The van der Waals surface area contributed by atoms with E-state index < -0.39 is 0 Å². The maximum absolute atomic E-state index is 13.0. The number of carbonyl (C=O) groups is 1. The third-order valence-electron chi connectivity index (χ3n) is 5.65. The predicted molar refractivity (Wildman–Crippen MR) is 130 cm³/mol. The highest BCUT2D eigenvalue weighted by Gasteiger charge is 2.23. The fourth-order valence-electron chi connectivity index (χ4n) is 4.09. The third-order valence-corrected chi connectivity index (χ3v) is 7.94. The van der Waals surface area contributed by atoms with Crippen LogP contribution in [0.15, 0.2) is 42.1 Å². The van der Waals surface area contributed by atoms with Crippen LogP contribution in [-0.4, -0.2) is 35.9 Å². The Balaban J connectivity index is 1.40. The Bertz CT molecular complexity index is 1290. The number of thioether (sulfide) groups is 1. The van der Waals surface area contributed by atoms with Crippen molar-refractivity contribution in [1.82, 2.24) is 24.7 Å². The van der Waals surface area contributed by atoms with E-state index in [-0.39, 0.29) is 11.2 Å². The molecule has 164 valence electrons. The summed E-state index contributed by atoms with van der Waals surface area (Å²) < 4.78 is 2.08. The van der Waals surface area contributed by atoms with Gasteiger partial charge in [0.25, 0.3) is 0 Å². The highest BCUT2D eigenvalue weighted by atomic mass is 32.2. The SMILES string of the molecule is C=CCn1c2ccccc2c2nnc(S[C@H](CC)C(=O)Nc3nc4c(s3)CCCC4)nc21. The Hall–Kier alpha value is -2.78. The number of nitrogens with zero attached hydrogens (tertiary/aromatic N) is 5. The lowest BCUT2D eigenvalue weighted by atomic mass is 10.0. The largest absolute Gasteiger partial charge is 0.320 e. The molecule has 7 nitrogen and oxygen atoms in total. The molecule has 9 heteroatoms. The van der Waals surface area contributed by atoms with E-state index in [0.29, 0.717) is 23.3 Å². The summed E-state index contributed by atoms with van der Waals surface area (Å²) in [4.78, 5) is 23.7. The fraction of sp³-hybridized carbons (Fsp3) is 0.348. The van der Waals surface area contributed by atoms with Gasteiger partial charge in [0.2, 0.25) is 11.1 Å². The van der Waals surface area contributed by atoms with Gasteiger partial charge in [-0.2, -0.15) is 0 Å². The van der Waals surface area contributed by atoms with Crippen LogP contribution < -0.4 is 5.32 Å². The maximum Gasteiger partial charge on any atom is 0.239 e. The molecule has 0 spiro atoms. The number of benzene rings is 1. The van der Waals surface area contributed by atoms with Gasteiger partial charge in [0, 0.05) is 16.8 Å². The average molecular weight is 465 g/mol. The van der Waals surface area contributed by atoms with Gasteiger partial charge in [-0.3, -0.25) is 4.79 Å². The minimum Gasteiger partial charge on any atom is -0.320 e. The Kier molecular flexibility index (Phi) is 5.93. The zero-order valence-electron chi connectivity index (χ0n) is 17.9. The monoisotopic (exact) mass is 464 g/mol. The van der Waals surface area contributed by atoms with E-state index in [2.05, 4.69) is 31.6 Å². The number of aryl methyl sites for hydroxylation is 2. The van der Waals surface area contributed by atoms with Crippen molar-refractivity contribution in [1.29, 1.82) is 0 Å². The molecule has 1 aromatic carbocycles. The molecule has 0 aliphatic heterocycles. The molecule has 5 rings (SSSR count). The second kappa shape index (κ2) is 8.99. The van der Waals surface area contributed by atoms with Crippen LogP contribution >= 0.6 is 23.1 Å². The van der Waals surface area contributed by atoms with Crippen LogP contribution in [0.4, 0.5) is 5.13 Å². The van der Waals surface area contributed by atoms with Crippen LogP contribution in [0.5, 0.6) is 0 Å². The second-order valence-corrected chi connectivity index (χ2v) is 10.0. The van der Waals surface area contributed by atoms with Gasteiger partial charge in [-0.15, -0.1) is 28.1 Å². The lowest BCUT2D eigenvalue weighted by molar-refractivity contribution is -0.115. The van der Waals surface area contributed by atoms with Crippen LogP contribution in [0.3, 0.4) is 0 Å². The van der Waals surface area contributed by atoms with Crippen molar-refractivity contribution in [2.24, 2.45) is 0 Å². The first-order chi connectivity index (χ1) is 15.7. The van der Waals surface area contributed by atoms with Gasteiger partial charge in [0.1, 0.15) is 5.52 Å². The van der Waals surface area contributed by atoms with Gasteiger partial charge in [0.15, 0.2) is 10.8 Å². The number of carbonyl (C=O) groups excluding carboxylic acids is 1. The summed E-state index contributed by atoms with van der Waals surface area (Å²) in [7, 11) is 0. The quantitative estimate of drug-likeness (QED) is 0.306. The van der Waals surface area contributed by atoms with Gasteiger partial charge in [-0.25, -0.2) is 9.97 Å². The number of allylic oxidation sites excluding steroid dienone is 1. The summed E-state index contributed by atoms with van der Waals surface area (Å²) in [6, 6.07) is 8.05. The standard InChI is InChI=1S/C23H24N6OS2/c1-3-13-29-16-11-7-5-9-14(16)19-20(29)25-23(28-27-19)31-17(4-2)21(30)26-22-24-15-10-6-8-12-18(15)32-22/h3,5,7,9,11,17H,1,4,6,8,10,12-13H2,2H3,(H,24,26,30)/t17-/m1/s1. The Labute approximate surface area is 194 Å². The molecule has 4 aromatic rings. The normalized spacial score (nSPS) is 14.4. The Morgan fingerprint density at radius 3 is 2.94 bits per heavy atom. The maximum atomic E-state index is 13.0. The molecule has 0 unspecified atom stereocenters. The predicted octanol–water partition coefficient (Wildman–Crippen LogP) is 5.01. The van der Waals surface area contributed by atoms with Gasteiger partial charge < -0.3 is 9.88 Å². The Morgan fingerprint density at radius 1 is 1.28 bits per heavy atom. The fourth-order valence-corrected chi connectivity index (χ4v) is 5.96. The molecule has 0 radical (unpaired) electrons. The van der Waals surface area contributed by atoms with Crippen LogP contribution in [-0.2, 0) is 24.2 Å². The molecule has 0 bridgehead atoms. The molecule has 0 fully saturated rings. The summed E-state index contributed by atoms with van der Waals surface area (Å²) in [5.74, 6) is -0.0704. The van der Waals surface area contributed by atoms with Crippen molar-refractivity contribution in [3.8, 4) is 0 Å². The number of hydrogen-bond acceptors (Lipinski definition) is 7. The zero-order chi connectivity index (χ0) is 22.1. The summed E-state index contributed by atoms with van der Waals surface area (Å²) in [5.41, 5.74) is 3.71. The highest BCUT2D eigenvalue weighted by Crippen LogP contribution is 2.32. The van der Waals surface area contributed by atoms with E-state index in [4.69, 9.17) is 4.98 Å². The molecular weight excluding hydrogens is 440 g/mol. The van der Waals surface area contributed by atoms with Gasteiger partial charge in [-0.1, -0.05) is 43.0 Å². The van der Waals surface area contributed by atoms with E-state index in [1.807, 2.05) is 37.3 Å². The molecule has 3 heterocycles. The van der Waals surface area contributed by atoms with E-state index in [1.165, 1.54) is 29.5 Å². The summed E-state index contributed by atoms with van der Waals surface area (Å²) in [6.45, 7) is 6.49. The minimum atomic E-state index is -0.326. The number of aromatic nitrogens is 5. The topological polar surface area (TPSA) is 85.6 Å². The van der Waals surface area contributed by atoms with Crippen molar-refractivity contribution < 1.29 is 4.79 Å². The van der Waals surface area contributed by atoms with Gasteiger partial charge in [0.05, 0.1) is 16.5 Å². The highest BCUT2D eigenvalue weighted by molar-refractivity contribution is 8.00. The molecule has 1 N–H and O–H groups in total. The van der Waals surface area contributed by atoms with Crippen LogP contribution in [0, 0.1) is 0 Å². The summed E-state index contributed by atoms with van der Waals surface area (Å²) in [6.07, 6.45) is 6.94. The van der Waals surface area contributed by atoms with E-state index in [1.54, 1.807) is 11.3 Å². The van der Waals surface area contributed by atoms with Crippen molar-refractivity contribution in [2.75, 3.05) is 5.32 Å². The lowest BCUT2D eigenvalue weighted by Gasteiger charge is -2.12. The molecule has 0 saturated carbocycles. The van der Waals surface area contributed by atoms with E-state index >= 15 is 0 Å². The number of hydrogen-bond donors (Lipinski definition) is 1. The summed E-state index contributed by atoms with van der Waals surface area (Å²) in [5, 5.41) is 13.7. The number of anilines is 1. The van der Waals surface area contributed by atoms with E-state index in [0.717, 1.165) is 40.6 Å².